The van der Waals surface area contributed by atoms with Gasteiger partial charge in [-0.2, -0.15) is 0 Å². The smallest absolute Gasteiger partial charge is 0.346 e. The van der Waals surface area contributed by atoms with Gasteiger partial charge in [-0.05, 0) is 17.0 Å². The van der Waals surface area contributed by atoms with E-state index in [1.807, 2.05) is 0 Å². The third kappa shape index (κ3) is 1.17. The van der Waals surface area contributed by atoms with E-state index in [2.05, 4.69) is 0 Å². The molecule has 0 radical (unpaired) electrons. The van der Waals surface area contributed by atoms with Gasteiger partial charge in [0.05, 0.1) is 0 Å². The summed E-state index contributed by atoms with van der Waals surface area (Å²) >= 11 is 1.20. The molecule has 0 aliphatic rings. The van der Waals surface area contributed by atoms with E-state index in [4.69, 9.17) is 10.8 Å². The summed E-state index contributed by atoms with van der Waals surface area (Å²) in [7, 11) is 0. The molecule has 0 spiro atoms. The Labute approximate surface area is 62.1 Å². The molecule has 0 bridgehead atoms. The van der Waals surface area contributed by atoms with Crippen molar-refractivity contribution in [3.05, 3.63) is 21.9 Å². The molecule has 54 valence electrons. The lowest BCUT2D eigenvalue weighted by molar-refractivity contribution is 0.0701. The van der Waals surface area contributed by atoms with Crippen LogP contribution in [0.1, 0.15) is 15.2 Å². The molecule has 0 aromatic carbocycles. The van der Waals surface area contributed by atoms with Crippen LogP contribution in [0.5, 0.6) is 0 Å². The molecule has 0 fully saturated rings. The van der Waals surface area contributed by atoms with Crippen molar-refractivity contribution in [2.45, 2.75) is 6.54 Å². The summed E-state index contributed by atoms with van der Waals surface area (Å²) in [6.07, 6.45) is 0. The number of hydrogen-bond donors (Lipinski definition) is 2. The zero-order valence-corrected chi connectivity index (χ0v) is 6.02. The molecule has 1 rings (SSSR count). The SMILES string of the molecule is NCc1ccsc1C(=O)O. The third-order valence-corrected chi connectivity index (χ3v) is 2.11. The molecule has 0 amide bonds. The highest BCUT2D eigenvalue weighted by atomic mass is 32.1. The number of carboxylic acids is 1. The fourth-order valence-electron chi connectivity index (χ4n) is 0.684. The van der Waals surface area contributed by atoms with Gasteiger partial charge in [0.15, 0.2) is 0 Å². The highest BCUT2D eigenvalue weighted by molar-refractivity contribution is 7.12. The Morgan fingerprint density at radius 1 is 1.80 bits per heavy atom. The quantitative estimate of drug-likeness (QED) is 0.670. The van der Waals surface area contributed by atoms with Crippen molar-refractivity contribution in [1.82, 2.24) is 0 Å². The van der Waals surface area contributed by atoms with Gasteiger partial charge < -0.3 is 10.8 Å². The van der Waals surface area contributed by atoms with Crippen LogP contribution in [0, 0.1) is 0 Å². The molecule has 0 unspecified atom stereocenters. The number of aromatic carboxylic acids is 1. The van der Waals surface area contributed by atoms with Gasteiger partial charge in [-0.25, -0.2) is 4.79 Å². The van der Waals surface area contributed by atoms with Crippen LogP contribution in [0.25, 0.3) is 0 Å². The van der Waals surface area contributed by atoms with E-state index in [0.29, 0.717) is 17.0 Å². The summed E-state index contributed by atoms with van der Waals surface area (Å²) in [5.41, 5.74) is 5.98. The topological polar surface area (TPSA) is 63.3 Å². The van der Waals surface area contributed by atoms with E-state index in [-0.39, 0.29) is 0 Å². The molecular formula is C6H7NO2S. The molecular weight excluding hydrogens is 150 g/mol. The van der Waals surface area contributed by atoms with Gasteiger partial charge in [0, 0.05) is 6.54 Å². The fraction of sp³-hybridized carbons (Fsp3) is 0.167. The summed E-state index contributed by atoms with van der Waals surface area (Å²) in [6, 6.07) is 1.73. The molecule has 0 atom stereocenters. The first-order chi connectivity index (χ1) is 4.75. The number of hydrogen-bond acceptors (Lipinski definition) is 3. The van der Waals surface area contributed by atoms with Crippen molar-refractivity contribution in [2.75, 3.05) is 0 Å². The van der Waals surface area contributed by atoms with E-state index in [9.17, 15) is 4.79 Å². The van der Waals surface area contributed by atoms with Crippen LogP contribution in [0.4, 0.5) is 0 Å². The zero-order chi connectivity index (χ0) is 7.56. The first-order valence-electron chi connectivity index (χ1n) is 2.75. The Bertz CT molecular complexity index is 244. The Morgan fingerprint density at radius 2 is 2.50 bits per heavy atom. The summed E-state index contributed by atoms with van der Waals surface area (Å²) in [5.74, 6) is -0.893. The first kappa shape index (κ1) is 7.24. The minimum atomic E-state index is -0.893. The molecule has 3 nitrogen and oxygen atoms in total. The van der Waals surface area contributed by atoms with E-state index in [1.165, 1.54) is 11.3 Å². The predicted molar refractivity (Wildman–Crippen MR) is 39.2 cm³/mol. The van der Waals surface area contributed by atoms with Gasteiger partial charge >= 0.3 is 5.97 Å². The maximum atomic E-state index is 10.4. The second kappa shape index (κ2) is 2.81. The molecule has 1 aromatic rings. The van der Waals surface area contributed by atoms with Crippen molar-refractivity contribution in [3.63, 3.8) is 0 Å². The van der Waals surface area contributed by atoms with Crippen molar-refractivity contribution < 1.29 is 9.90 Å². The van der Waals surface area contributed by atoms with Crippen LogP contribution in [-0.2, 0) is 6.54 Å². The van der Waals surface area contributed by atoms with E-state index < -0.39 is 5.97 Å². The second-order valence-electron chi connectivity index (χ2n) is 1.78. The van der Waals surface area contributed by atoms with Crippen molar-refractivity contribution in [3.8, 4) is 0 Å². The molecule has 1 aromatic heterocycles. The minimum Gasteiger partial charge on any atom is -0.477 e. The lowest BCUT2D eigenvalue weighted by Gasteiger charge is -1.91. The number of carboxylic acid groups (broad SMARTS) is 1. The van der Waals surface area contributed by atoms with Gasteiger partial charge in [-0.3, -0.25) is 0 Å². The van der Waals surface area contributed by atoms with Crippen molar-refractivity contribution in [2.24, 2.45) is 5.73 Å². The Hall–Kier alpha value is -0.870. The maximum absolute atomic E-state index is 10.4. The minimum absolute atomic E-state index is 0.297. The number of rotatable bonds is 2. The van der Waals surface area contributed by atoms with Crippen LogP contribution in [0.2, 0.25) is 0 Å². The van der Waals surface area contributed by atoms with Gasteiger partial charge in [0.2, 0.25) is 0 Å². The maximum Gasteiger partial charge on any atom is 0.346 e. The van der Waals surface area contributed by atoms with Gasteiger partial charge in [-0.15, -0.1) is 11.3 Å². The first-order valence-corrected chi connectivity index (χ1v) is 3.63. The Morgan fingerprint density at radius 3 is 2.90 bits per heavy atom. The van der Waals surface area contributed by atoms with Crippen LogP contribution in [-0.4, -0.2) is 11.1 Å². The molecule has 1 heterocycles. The van der Waals surface area contributed by atoms with Crippen LogP contribution in [0.3, 0.4) is 0 Å². The summed E-state index contributed by atoms with van der Waals surface area (Å²) < 4.78 is 0. The number of nitrogens with two attached hydrogens (primary N) is 1. The van der Waals surface area contributed by atoms with Gasteiger partial charge in [0.25, 0.3) is 0 Å². The highest BCUT2D eigenvalue weighted by Gasteiger charge is 2.08. The van der Waals surface area contributed by atoms with E-state index >= 15 is 0 Å². The molecule has 3 N–H and O–H groups in total. The van der Waals surface area contributed by atoms with Gasteiger partial charge in [0.1, 0.15) is 4.88 Å². The summed E-state index contributed by atoms with van der Waals surface area (Å²) in [4.78, 5) is 10.7. The number of carbonyl (C=O) groups is 1. The lowest BCUT2D eigenvalue weighted by atomic mass is 10.2. The highest BCUT2D eigenvalue weighted by Crippen LogP contribution is 2.15. The molecule has 0 saturated carbocycles. The van der Waals surface area contributed by atoms with Crippen LogP contribution < -0.4 is 5.73 Å². The normalized spacial score (nSPS) is 9.70. The van der Waals surface area contributed by atoms with Crippen LogP contribution in [0.15, 0.2) is 11.4 Å². The lowest BCUT2D eigenvalue weighted by Crippen LogP contribution is -2.02. The zero-order valence-electron chi connectivity index (χ0n) is 5.20. The van der Waals surface area contributed by atoms with Crippen molar-refractivity contribution >= 4 is 17.3 Å². The number of thiophene rings is 1. The summed E-state index contributed by atoms with van der Waals surface area (Å²) in [6.45, 7) is 0.297. The average molecular weight is 157 g/mol. The fourth-order valence-corrected chi connectivity index (χ4v) is 1.46. The third-order valence-electron chi connectivity index (χ3n) is 1.16. The Kier molecular flexibility index (Phi) is 2.03. The second-order valence-corrected chi connectivity index (χ2v) is 2.70. The van der Waals surface area contributed by atoms with Gasteiger partial charge in [-0.1, -0.05) is 0 Å². The predicted octanol–water partition coefficient (Wildman–Crippen LogP) is 0.905. The molecule has 0 saturated heterocycles. The average Bonchev–Trinajstić information content (AvgIpc) is 2.33. The van der Waals surface area contributed by atoms with Crippen LogP contribution >= 0.6 is 11.3 Å². The van der Waals surface area contributed by atoms with Crippen molar-refractivity contribution in [1.29, 1.82) is 0 Å². The molecule has 0 aliphatic carbocycles. The largest absolute Gasteiger partial charge is 0.477 e. The van der Waals surface area contributed by atoms with E-state index in [1.54, 1.807) is 11.4 Å². The molecule has 10 heavy (non-hydrogen) atoms. The van der Waals surface area contributed by atoms with E-state index in [0.717, 1.165) is 0 Å². The molecule has 0 aliphatic heterocycles. The summed E-state index contributed by atoms with van der Waals surface area (Å²) in [5, 5.41) is 10.3. The Balaban J connectivity index is 3.01. The standard InChI is InChI=1S/C6H7NO2S/c7-3-4-1-2-10-5(4)6(8)9/h1-2H,3,7H2,(H,8,9). The monoisotopic (exact) mass is 157 g/mol. The molecule has 4 heteroatoms.